The molecule has 0 fully saturated rings. The third kappa shape index (κ3) is 5.01. The van der Waals surface area contributed by atoms with Crippen LogP contribution in [0.3, 0.4) is 0 Å². The maximum absolute atomic E-state index is 11.3. The number of benzene rings is 1. The molecule has 1 heterocycles. The molecule has 2 rings (SSSR count). The van der Waals surface area contributed by atoms with Gasteiger partial charge in [-0.2, -0.15) is 0 Å². The van der Waals surface area contributed by atoms with E-state index in [1.165, 1.54) is 17.7 Å². The predicted molar refractivity (Wildman–Crippen MR) is 113 cm³/mol. The van der Waals surface area contributed by atoms with Crippen molar-refractivity contribution in [2.45, 2.75) is 83.5 Å². The molecule has 0 aromatic heterocycles. The van der Waals surface area contributed by atoms with Crippen molar-refractivity contribution in [3.63, 3.8) is 0 Å². The fourth-order valence-corrected chi connectivity index (χ4v) is 5.37. The summed E-state index contributed by atoms with van der Waals surface area (Å²) >= 11 is 1.91. The molecule has 27 heavy (non-hydrogen) atoms. The van der Waals surface area contributed by atoms with Gasteiger partial charge in [-0.15, -0.1) is 11.8 Å². The summed E-state index contributed by atoms with van der Waals surface area (Å²) in [6.07, 6.45) is 8.89. The standard InChI is InChI=1S/C22H33NO3S/c1-5-9-11-16(8-4)27-20-17-12-10-13-18(25-21(23)24)19(17)26-22(20,14-6-2)15-7-3/h8,10,12-13,20H,5-7,9,11,14-15H2,1-4H3,(H2,23,24). The molecule has 0 saturated heterocycles. The van der Waals surface area contributed by atoms with Gasteiger partial charge in [0.1, 0.15) is 5.60 Å². The van der Waals surface area contributed by atoms with Crippen LogP contribution in [0.5, 0.6) is 11.5 Å². The second kappa shape index (κ2) is 10.1. The molecular weight excluding hydrogens is 358 g/mol. The average Bonchev–Trinajstić information content (AvgIpc) is 2.93. The number of para-hydroxylation sites is 1. The zero-order valence-electron chi connectivity index (χ0n) is 17.0. The first-order chi connectivity index (χ1) is 13.0. The van der Waals surface area contributed by atoms with E-state index in [4.69, 9.17) is 15.2 Å². The number of carbonyl (C=O) groups excluding carboxylic acids is 1. The minimum atomic E-state index is -0.809. The molecule has 4 nitrogen and oxygen atoms in total. The van der Waals surface area contributed by atoms with Gasteiger partial charge in [0.15, 0.2) is 11.5 Å². The van der Waals surface area contributed by atoms with E-state index in [-0.39, 0.29) is 10.9 Å². The smallest absolute Gasteiger partial charge is 0.410 e. The molecule has 0 radical (unpaired) electrons. The third-order valence-electron chi connectivity index (χ3n) is 5.00. The van der Waals surface area contributed by atoms with E-state index in [1.807, 2.05) is 17.8 Å². The van der Waals surface area contributed by atoms with Crippen molar-refractivity contribution in [3.8, 4) is 11.5 Å². The van der Waals surface area contributed by atoms with Crippen LogP contribution in [0.4, 0.5) is 4.79 Å². The Kier molecular flexibility index (Phi) is 8.08. The van der Waals surface area contributed by atoms with Crippen molar-refractivity contribution in [3.05, 3.63) is 34.7 Å². The Labute approximate surface area is 167 Å². The molecule has 1 aromatic carbocycles. The molecule has 0 aliphatic carbocycles. The van der Waals surface area contributed by atoms with E-state index in [9.17, 15) is 4.79 Å². The molecule has 1 unspecified atom stereocenters. The minimum Gasteiger partial charge on any atom is -0.481 e. The average molecular weight is 392 g/mol. The molecule has 0 spiro atoms. The molecular formula is C22H33NO3S. The van der Waals surface area contributed by atoms with Gasteiger partial charge in [-0.1, -0.05) is 58.2 Å². The summed E-state index contributed by atoms with van der Waals surface area (Å²) in [5.41, 5.74) is 6.09. The van der Waals surface area contributed by atoms with Crippen LogP contribution in [0.1, 0.15) is 83.5 Å². The fourth-order valence-electron chi connectivity index (χ4n) is 3.86. The number of fused-ring (bicyclic) bond motifs is 1. The number of amides is 1. The highest BCUT2D eigenvalue weighted by Gasteiger charge is 2.49. The predicted octanol–water partition coefficient (Wildman–Crippen LogP) is 6.74. The molecule has 0 bridgehead atoms. The normalized spacial score (nSPS) is 18.1. The Morgan fingerprint density at radius 2 is 1.96 bits per heavy atom. The molecule has 1 atom stereocenters. The van der Waals surface area contributed by atoms with Gasteiger partial charge in [0.25, 0.3) is 0 Å². The summed E-state index contributed by atoms with van der Waals surface area (Å²) in [7, 11) is 0. The largest absolute Gasteiger partial charge is 0.481 e. The lowest BCUT2D eigenvalue weighted by molar-refractivity contribution is 0.0680. The Balaban J connectivity index is 2.46. The summed E-state index contributed by atoms with van der Waals surface area (Å²) in [4.78, 5) is 12.7. The quantitative estimate of drug-likeness (QED) is 0.479. The molecule has 5 heteroatoms. The number of carbonyl (C=O) groups is 1. The van der Waals surface area contributed by atoms with Crippen LogP contribution >= 0.6 is 11.8 Å². The molecule has 1 amide bonds. The van der Waals surface area contributed by atoms with Crippen LogP contribution in [0.25, 0.3) is 0 Å². The van der Waals surface area contributed by atoms with Crippen LogP contribution in [-0.2, 0) is 0 Å². The lowest BCUT2D eigenvalue weighted by atomic mass is 9.87. The topological polar surface area (TPSA) is 61.5 Å². The number of hydrogen-bond donors (Lipinski definition) is 1. The van der Waals surface area contributed by atoms with Gasteiger partial charge in [0, 0.05) is 5.56 Å². The third-order valence-corrected chi connectivity index (χ3v) is 6.66. The highest BCUT2D eigenvalue weighted by atomic mass is 32.2. The van der Waals surface area contributed by atoms with Crippen LogP contribution in [-0.4, -0.2) is 11.7 Å². The summed E-state index contributed by atoms with van der Waals surface area (Å²) in [5.74, 6) is 1.11. The number of primary amides is 1. The van der Waals surface area contributed by atoms with Crippen molar-refractivity contribution in [1.82, 2.24) is 0 Å². The summed E-state index contributed by atoms with van der Waals surface area (Å²) in [6, 6.07) is 5.78. The number of ether oxygens (including phenoxy) is 2. The summed E-state index contributed by atoms with van der Waals surface area (Å²) in [6.45, 7) is 8.72. The number of thioether (sulfide) groups is 1. The maximum Gasteiger partial charge on any atom is 0.410 e. The Morgan fingerprint density at radius 1 is 1.26 bits per heavy atom. The number of hydrogen-bond acceptors (Lipinski definition) is 4. The van der Waals surface area contributed by atoms with Crippen molar-refractivity contribution in [2.24, 2.45) is 5.73 Å². The fraction of sp³-hybridized carbons (Fsp3) is 0.591. The highest BCUT2D eigenvalue weighted by Crippen LogP contribution is 2.59. The van der Waals surface area contributed by atoms with E-state index < -0.39 is 6.09 Å². The van der Waals surface area contributed by atoms with Crippen molar-refractivity contribution in [2.75, 3.05) is 0 Å². The second-order valence-electron chi connectivity index (χ2n) is 7.12. The first kappa shape index (κ1) is 21.7. The SMILES string of the molecule is CC=C(CCCC)SC1c2cccc(OC(N)=O)c2OC1(CCC)CCC. The first-order valence-corrected chi connectivity index (χ1v) is 11.0. The molecule has 1 aliphatic rings. The van der Waals surface area contributed by atoms with Gasteiger partial charge in [-0.3, -0.25) is 0 Å². The Hall–Kier alpha value is -1.62. The second-order valence-corrected chi connectivity index (χ2v) is 8.35. The minimum absolute atomic E-state index is 0.187. The van der Waals surface area contributed by atoms with Crippen LogP contribution in [0, 0.1) is 0 Å². The number of allylic oxidation sites excluding steroid dienone is 2. The van der Waals surface area contributed by atoms with Crippen molar-refractivity contribution >= 4 is 17.9 Å². The van der Waals surface area contributed by atoms with Crippen LogP contribution in [0.2, 0.25) is 0 Å². The zero-order chi connectivity index (χ0) is 19.9. The monoisotopic (exact) mass is 391 g/mol. The van der Waals surface area contributed by atoms with Gasteiger partial charge >= 0.3 is 6.09 Å². The highest BCUT2D eigenvalue weighted by molar-refractivity contribution is 8.03. The zero-order valence-corrected chi connectivity index (χ0v) is 17.9. The first-order valence-electron chi connectivity index (χ1n) is 10.1. The molecule has 2 N–H and O–H groups in total. The number of unbranched alkanes of at least 4 members (excludes halogenated alkanes) is 1. The van der Waals surface area contributed by atoms with E-state index in [0.717, 1.165) is 37.7 Å². The van der Waals surface area contributed by atoms with Gasteiger partial charge < -0.3 is 15.2 Å². The Bertz CT molecular complexity index is 666. The summed E-state index contributed by atoms with van der Waals surface area (Å²) in [5, 5.41) is 0.187. The molecule has 150 valence electrons. The lowest BCUT2D eigenvalue weighted by Crippen LogP contribution is -2.36. The lowest BCUT2D eigenvalue weighted by Gasteiger charge is -2.34. The van der Waals surface area contributed by atoms with E-state index in [0.29, 0.717) is 11.5 Å². The van der Waals surface area contributed by atoms with E-state index >= 15 is 0 Å². The van der Waals surface area contributed by atoms with E-state index in [1.54, 1.807) is 6.07 Å². The van der Waals surface area contributed by atoms with Crippen LogP contribution in [0.15, 0.2) is 29.2 Å². The van der Waals surface area contributed by atoms with Gasteiger partial charge in [-0.05, 0) is 43.6 Å². The van der Waals surface area contributed by atoms with Crippen molar-refractivity contribution in [1.29, 1.82) is 0 Å². The Morgan fingerprint density at radius 3 is 2.52 bits per heavy atom. The molecule has 0 saturated carbocycles. The van der Waals surface area contributed by atoms with E-state index in [2.05, 4.69) is 39.8 Å². The van der Waals surface area contributed by atoms with Gasteiger partial charge in [-0.25, -0.2) is 4.79 Å². The van der Waals surface area contributed by atoms with Gasteiger partial charge in [0.2, 0.25) is 0 Å². The summed E-state index contributed by atoms with van der Waals surface area (Å²) < 4.78 is 11.8. The van der Waals surface area contributed by atoms with Crippen LogP contribution < -0.4 is 15.2 Å². The molecule has 1 aromatic rings. The molecule has 1 aliphatic heterocycles. The maximum atomic E-state index is 11.3. The van der Waals surface area contributed by atoms with Gasteiger partial charge in [0.05, 0.1) is 5.25 Å². The number of nitrogens with two attached hydrogens (primary N) is 1. The van der Waals surface area contributed by atoms with Crippen molar-refractivity contribution < 1.29 is 14.3 Å². The number of rotatable bonds is 10.